The second-order valence-corrected chi connectivity index (χ2v) is 7.37. The molecule has 1 amide bonds. The monoisotopic (exact) mass is 386 g/mol. The molecule has 1 unspecified atom stereocenters. The molecule has 1 saturated heterocycles. The Morgan fingerprint density at radius 1 is 1.33 bits per heavy atom. The van der Waals surface area contributed by atoms with Gasteiger partial charge in [-0.25, -0.2) is 0 Å². The maximum atomic E-state index is 12.5. The number of carbonyl (C=O) groups is 1. The van der Waals surface area contributed by atoms with Crippen LogP contribution in [0.1, 0.15) is 24.6 Å². The number of nitrogens with zero attached hydrogens (tertiary/aromatic N) is 1. The molecule has 4 nitrogen and oxygen atoms in total. The lowest BCUT2D eigenvalue weighted by Gasteiger charge is -2.22. The smallest absolute Gasteiger partial charge is 0.279 e. The third-order valence-corrected chi connectivity index (χ3v) is 5.30. The summed E-state index contributed by atoms with van der Waals surface area (Å²) in [5.74, 6) is -0.0998. The Morgan fingerprint density at radius 2 is 2.04 bits per heavy atom. The molecule has 2 aromatic rings. The van der Waals surface area contributed by atoms with Gasteiger partial charge in [0.05, 0.1) is 28.0 Å². The third-order valence-electron chi connectivity index (χ3n) is 4.48. The number of halogens is 3. The van der Waals surface area contributed by atoms with Crippen LogP contribution in [0.4, 0.5) is 5.69 Å². The first-order valence-electron chi connectivity index (χ1n) is 7.86. The quantitative estimate of drug-likeness (QED) is 0.829. The zero-order valence-electron chi connectivity index (χ0n) is 13.3. The fraction of sp³-hybridized carbons (Fsp3) is 0.353. The van der Waals surface area contributed by atoms with Gasteiger partial charge in [-0.05, 0) is 24.3 Å². The lowest BCUT2D eigenvalue weighted by Crippen LogP contribution is -3.11. The van der Waals surface area contributed by atoms with Crippen LogP contribution in [0.15, 0.2) is 30.5 Å². The lowest BCUT2D eigenvalue weighted by atomic mass is 10.1. The number of anilines is 1. The summed E-state index contributed by atoms with van der Waals surface area (Å²) in [6.45, 7) is 1.36. The van der Waals surface area contributed by atoms with E-state index in [2.05, 4.69) is 16.0 Å². The zero-order valence-corrected chi connectivity index (χ0v) is 15.5. The summed E-state index contributed by atoms with van der Waals surface area (Å²) in [4.78, 5) is 13.7. The summed E-state index contributed by atoms with van der Waals surface area (Å²) < 4.78 is 2.13. The van der Waals surface area contributed by atoms with E-state index in [9.17, 15) is 4.79 Å². The Morgan fingerprint density at radius 3 is 2.67 bits per heavy atom. The van der Waals surface area contributed by atoms with Gasteiger partial charge in [0.25, 0.3) is 5.91 Å². The molecule has 1 aliphatic heterocycles. The molecule has 3 rings (SSSR count). The summed E-state index contributed by atoms with van der Waals surface area (Å²) in [5, 5.41) is 3.95. The standard InChI is InChI=1S/C17H18Cl3N3O/c1-22-6-2-4-14(22)15-5-3-7-23(15)10-16(24)21-17-12(19)8-11(18)9-13(17)20/h2,4,6,8-9,15H,3,5,7,10H2,1H3,(H,21,24)/p+1/t15-/m1/s1. The highest BCUT2D eigenvalue weighted by Gasteiger charge is 2.33. The Kier molecular flexibility index (Phi) is 5.40. The van der Waals surface area contributed by atoms with Crippen molar-refractivity contribution >= 4 is 46.4 Å². The molecule has 2 N–H and O–H groups in total. The van der Waals surface area contributed by atoms with Gasteiger partial charge in [-0.2, -0.15) is 0 Å². The van der Waals surface area contributed by atoms with Crippen molar-refractivity contribution < 1.29 is 9.69 Å². The summed E-state index contributed by atoms with van der Waals surface area (Å²) in [5.41, 5.74) is 1.68. The molecule has 0 bridgehead atoms. The predicted octanol–water partition coefficient (Wildman–Crippen LogP) is 3.34. The molecular weight excluding hydrogens is 369 g/mol. The van der Waals surface area contributed by atoms with Crippen LogP contribution in [0, 0.1) is 0 Å². The number of quaternary nitrogens is 1. The number of likely N-dealkylation sites (tertiary alicyclic amines) is 1. The van der Waals surface area contributed by atoms with Gasteiger partial charge in [-0.3, -0.25) is 4.79 Å². The fourth-order valence-corrected chi connectivity index (χ4v) is 4.28. The SMILES string of the molecule is Cn1cccc1[C@H]1CCC[NH+]1CC(=O)Nc1c(Cl)cc(Cl)cc1Cl. The molecule has 1 fully saturated rings. The molecule has 1 aliphatic rings. The summed E-state index contributed by atoms with van der Waals surface area (Å²) in [6.07, 6.45) is 4.24. The van der Waals surface area contributed by atoms with Gasteiger partial charge in [0.2, 0.25) is 0 Å². The van der Waals surface area contributed by atoms with Gasteiger partial charge < -0.3 is 14.8 Å². The Balaban J connectivity index is 1.70. The van der Waals surface area contributed by atoms with Crippen LogP contribution >= 0.6 is 34.8 Å². The summed E-state index contributed by atoms with van der Waals surface area (Å²) in [7, 11) is 2.04. The molecule has 0 saturated carbocycles. The maximum Gasteiger partial charge on any atom is 0.279 e. The highest BCUT2D eigenvalue weighted by atomic mass is 35.5. The number of nitrogens with one attached hydrogen (secondary N) is 2. The fourth-order valence-electron chi connectivity index (χ4n) is 3.37. The minimum Gasteiger partial charge on any atom is -0.350 e. The van der Waals surface area contributed by atoms with Crippen LogP contribution in [0.2, 0.25) is 15.1 Å². The van der Waals surface area contributed by atoms with Gasteiger partial charge in [0.15, 0.2) is 6.54 Å². The number of hydrogen-bond acceptors (Lipinski definition) is 1. The van der Waals surface area contributed by atoms with E-state index < -0.39 is 0 Å². The van der Waals surface area contributed by atoms with Gasteiger partial charge >= 0.3 is 0 Å². The van der Waals surface area contributed by atoms with Gasteiger partial charge in [0.1, 0.15) is 6.04 Å². The second kappa shape index (κ2) is 7.36. The van der Waals surface area contributed by atoms with Crippen LogP contribution < -0.4 is 10.2 Å². The molecule has 128 valence electrons. The largest absolute Gasteiger partial charge is 0.350 e. The van der Waals surface area contributed by atoms with E-state index in [4.69, 9.17) is 34.8 Å². The van der Waals surface area contributed by atoms with Crippen molar-refractivity contribution in [3.63, 3.8) is 0 Å². The van der Waals surface area contributed by atoms with Crippen molar-refractivity contribution in [2.24, 2.45) is 7.05 Å². The molecule has 2 heterocycles. The molecule has 1 aromatic heterocycles. The summed E-state index contributed by atoms with van der Waals surface area (Å²) in [6, 6.07) is 7.64. The first-order chi connectivity index (χ1) is 11.5. The first-order valence-corrected chi connectivity index (χ1v) is 8.99. The van der Waals surface area contributed by atoms with E-state index in [0.717, 1.165) is 19.4 Å². The minimum atomic E-state index is -0.0998. The maximum absolute atomic E-state index is 12.5. The van der Waals surface area contributed by atoms with Gasteiger partial charge in [-0.15, -0.1) is 0 Å². The van der Waals surface area contributed by atoms with E-state index in [1.807, 2.05) is 19.3 Å². The van der Waals surface area contributed by atoms with Crippen molar-refractivity contribution in [3.8, 4) is 0 Å². The zero-order chi connectivity index (χ0) is 17.3. The minimum absolute atomic E-state index is 0.0998. The van der Waals surface area contributed by atoms with Crippen molar-refractivity contribution in [1.29, 1.82) is 0 Å². The second-order valence-electron chi connectivity index (χ2n) is 6.12. The topological polar surface area (TPSA) is 38.5 Å². The first kappa shape index (κ1) is 17.6. The molecular formula is C17H19Cl3N3O+. The van der Waals surface area contributed by atoms with Crippen molar-refractivity contribution in [2.45, 2.75) is 18.9 Å². The molecule has 24 heavy (non-hydrogen) atoms. The van der Waals surface area contributed by atoms with E-state index in [-0.39, 0.29) is 5.91 Å². The highest BCUT2D eigenvalue weighted by Crippen LogP contribution is 2.33. The van der Waals surface area contributed by atoms with Crippen LogP contribution in [-0.2, 0) is 11.8 Å². The number of aryl methyl sites for hydroxylation is 1. The number of aromatic nitrogens is 1. The average Bonchev–Trinajstić information content (AvgIpc) is 3.11. The molecule has 1 aromatic carbocycles. The Labute approximate surface area is 156 Å². The van der Waals surface area contributed by atoms with Crippen molar-refractivity contribution in [3.05, 3.63) is 51.2 Å². The third kappa shape index (κ3) is 3.72. The summed E-state index contributed by atoms with van der Waals surface area (Å²) >= 11 is 18.2. The highest BCUT2D eigenvalue weighted by molar-refractivity contribution is 6.42. The average molecular weight is 388 g/mol. The molecule has 0 radical (unpaired) electrons. The van der Waals surface area contributed by atoms with E-state index in [0.29, 0.717) is 33.3 Å². The van der Waals surface area contributed by atoms with E-state index in [1.54, 1.807) is 12.1 Å². The van der Waals surface area contributed by atoms with Crippen LogP contribution in [0.25, 0.3) is 0 Å². The number of rotatable bonds is 4. The Bertz CT molecular complexity index is 736. The van der Waals surface area contributed by atoms with E-state index >= 15 is 0 Å². The van der Waals surface area contributed by atoms with Crippen molar-refractivity contribution in [2.75, 3.05) is 18.4 Å². The van der Waals surface area contributed by atoms with Gasteiger partial charge in [-0.1, -0.05) is 34.8 Å². The number of hydrogen-bond donors (Lipinski definition) is 2. The van der Waals surface area contributed by atoms with Crippen molar-refractivity contribution in [1.82, 2.24) is 4.57 Å². The molecule has 2 atom stereocenters. The number of amides is 1. The van der Waals surface area contributed by atoms with Crippen LogP contribution in [0.5, 0.6) is 0 Å². The number of benzene rings is 1. The van der Waals surface area contributed by atoms with E-state index in [1.165, 1.54) is 10.6 Å². The molecule has 0 aliphatic carbocycles. The lowest BCUT2D eigenvalue weighted by molar-refractivity contribution is -0.910. The normalized spacial score (nSPS) is 20.3. The van der Waals surface area contributed by atoms with Gasteiger partial charge in [0, 0.05) is 31.1 Å². The van der Waals surface area contributed by atoms with Crippen LogP contribution in [-0.4, -0.2) is 23.6 Å². The Hall–Kier alpha value is -1.20. The van der Waals surface area contributed by atoms with Crippen LogP contribution in [0.3, 0.4) is 0 Å². The predicted molar refractivity (Wildman–Crippen MR) is 98.2 cm³/mol. The molecule has 0 spiro atoms. The molecule has 7 heteroatoms. The number of carbonyl (C=O) groups excluding carboxylic acids is 1.